The van der Waals surface area contributed by atoms with Crippen LogP contribution in [0.25, 0.3) is 10.9 Å². The summed E-state index contributed by atoms with van der Waals surface area (Å²) in [4.78, 5) is 27.5. The van der Waals surface area contributed by atoms with E-state index in [1.54, 1.807) is 0 Å². The molecule has 112 valence electrons. The van der Waals surface area contributed by atoms with Gasteiger partial charge in [0.2, 0.25) is 10.0 Å². The van der Waals surface area contributed by atoms with Gasteiger partial charge in [0.15, 0.2) is 0 Å². The fourth-order valence-corrected chi connectivity index (χ4v) is 3.96. The van der Waals surface area contributed by atoms with Gasteiger partial charge < -0.3 is 10.7 Å². The summed E-state index contributed by atoms with van der Waals surface area (Å²) in [5.74, 6) is 0. The zero-order chi connectivity index (χ0) is 15.2. The van der Waals surface area contributed by atoms with E-state index < -0.39 is 21.3 Å². The molecule has 9 heteroatoms. The van der Waals surface area contributed by atoms with Crippen LogP contribution in [0, 0.1) is 0 Å². The highest BCUT2D eigenvalue weighted by atomic mass is 32.2. The first-order valence-electron chi connectivity index (χ1n) is 6.40. The lowest BCUT2D eigenvalue weighted by Gasteiger charge is -2.16. The Balaban J connectivity index is 2.13. The molecule has 1 atom stereocenters. The van der Waals surface area contributed by atoms with Gasteiger partial charge >= 0.3 is 5.69 Å². The maximum atomic E-state index is 12.5. The van der Waals surface area contributed by atoms with E-state index in [-0.39, 0.29) is 22.9 Å². The Hall–Kier alpha value is -1.97. The monoisotopic (exact) mass is 310 g/mol. The van der Waals surface area contributed by atoms with Gasteiger partial charge in [0.05, 0.1) is 15.8 Å². The van der Waals surface area contributed by atoms with Crippen molar-refractivity contribution in [2.75, 3.05) is 13.1 Å². The number of benzene rings is 1. The molecule has 1 saturated heterocycles. The third-order valence-electron chi connectivity index (χ3n) is 3.54. The first-order valence-corrected chi connectivity index (χ1v) is 7.84. The molecule has 21 heavy (non-hydrogen) atoms. The van der Waals surface area contributed by atoms with E-state index in [1.165, 1.54) is 22.5 Å². The maximum absolute atomic E-state index is 12.5. The maximum Gasteiger partial charge on any atom is 0.326 e. The zero-order valence-electron chi connectivity index (χ0n) is 11.0. The van der Waals surface area contributed by atoms with Crippen molar-refractivity contribution in [2.24, 2.45) is 5.73 Å². The molecular weight excluding hydrogens is 296 g/mol. The second-order valence-electron chi connectivity index (χ2n) is 5.03. The molecule has 0 bridgehead atoms. The lowest BCUT2D eigenvalue weighted by molar-refractivity contribution is 0.472. The number of fused-ring (bicyclic) bond motifs is 1. The minimum atomic E-state index is -3.68. The molecule has 0 unspecified atom stereocenters. The Morgan fingerprint density at radius 3 is 2.67 bits per heavy atom. The van der Waals surface area contributed by atoms with E-state index in [9.17, 15) is 18.0 Å². The van der Waals surface area contributed by atoms with Crippen molar-refractivity contribution in [2.45, 2.75) is 17.4 Å². The fourth-order valence-electron chi connectivity index (χ4n) is 2.43. The molecule has 1 fully saturated rings. The summed E-state index contributed by atoms with van der Waals surface area (Å²) in [6, 6.07) is 3.88. The smallest absolute Gasteiger partial charge is 0.326 e. The number of nitrogens with zero attached hydrogens (tertiary/aromatic N) is 1. The Labute approximate surface area is 119 Å². The number of hydrogen-bond acceptors (Lipinski definition) is 5. The first kappa shape index (κ1) is 14.0. The second kappa shape index (κ2) is 4.79. The van der Waals surface area contributed by atoms with Gasteiger partial charge in [-0.25, -0.2) is 13.2 Å². The minimum absolute atomic E-state index is 0.0154. The summed E-state index contributed by atoms with van der Waals surface area (Å²) in [6.07, 6.45) is 0.612. The standard InChI is InChI=1S/C12H14N4O4S/c13-7-3-4-16(6-7)21(19,20)8-1-2-10-9(5-8)11(17)15-12(18)14-10/h1-2,5,7H,3-4,6,13H2,(H2,14,15,17,18)/t7-/m0/s1. The number of hydrogen-bond donors (Lipinski definition) is 3. The topological polar surface area (TPSA) is 129 Å². The molecule has 0 spiro atoms. The molecule has 2 aromatic rings. The Kier molecular flexibility index (Phi) is 3.19. The summed E-state index contributed by atoms with van der Waals surface area (Å²) < 4.78 is 26.3. The number of H-pyrrole nitrogens is 2. The zero-order valence-corrected chi connectivity index (χ0v) is 11.8. The Morgan fingerprint density at radius 1 is 1.24 bits per heavy atom. The molecule has 0 amide bonds. The van der Waals surface area contributed by atoms with Crippen molar-refractivity contribution in [1.29, 1.82) is 0 Å². The number of rotatable bonds is 2. The summed E-state index contributed by atoms with van der Waals surface area (Å²) in [5, 5.41) is 0.124. The average molecular weight is 310 g/mol. The molecule has 0 saturated carbocycles. The van der Waals surface area contributed by atoms with Gasteiger partial charge in [0.1, 0.15) is 0 Å². The summed E-state index contributed by atoms with van der Waals surface area (Å²) in [5.41, 5.74) is 4.77. The normalized spacial score (nSPS) is 20.1. The van der Waals surface area contributed by atoms with Crippen molar-refractivity contribution >= 4 is 20.9 Å². The van der Waals surface area contributed by atoms with Crippen LogP contribution in [-0.4, -0.2) is 41.8 Å². The van der Waals surface area contributed by atoms with Crippen molar-refractivity contribution in [3.05, 3.63) is 39.0 Å². The number of aromatic amines is 2. The van der Waals surface area contributed by atoms with E-state index >= 15 is 0 Å². The molecule has 2 heterocycles. The lowest BCUT2D eigenvalue weighted by Crippen LogP contribution is -2.32. The summed E-state index contributed by atoms with van der Waals surface area (Å²) in [6.45, 7) is 0.631. The second-order valence-corrected chi connectivity index (χ2v) is 6.97. The van der Waals surface area contributed by atoms with Crippen molar-refractivity contribution in [3.63, 3.8) is 0 Å². The number of nitrogens with two attached hydrogens (primary N) is 1. The molecule has 0 radical (unpaired) electrons. The van der Waals surface area contributed by atoms with Crippen LogP contribution in [0.5, 0.6) is 0 Å². The fraction of sp³-hybridized carbons (Fsp3) is 0.333. The van der Waals surface area contributed by atoms with Gasteiger partial charge in [-0.1, -0.05) is 0 Å². The summed E-state index contributed by atoms with van der Waals surface area (Å²) in [7, 11) is -3.68. The van der Waals surface area contributed by atoms with Crippen LogP contribution in [0.3, 0.4) is 0 Å². The van der Waals surface area contributed by atoms with E-state index in [2.05, 4.69) is 9.97 Å². The summed E-state index contributed by atoms with van der Waals surface area (Å²) >= 11 is 0. The van der Waals surface area contributed by atoms with Crippen LogP contribution >= 0.6 is 0 Å². The van der Waals surface area contributed by atoms with Gasteiger partial charge in [-0.15, -0.1) is 0 Å². The third kappa shape index (κ3) is 2.39. The highest BCUT2D eigenvalue weighted by molar-refractivity contribution is 7.89. The molecule has 3 rings (SSSR count). The highest BCUT2D eigenvalue weighted by Gasteiger charge is 2.31. The van der Waals surface area contributed by atoms with Crippen LogP contribution in [0.1, 0.15) is 6.42 Å². The lowest BCUT2D eigenvalue weighted by atomic mass is 10.2. The molecule has 8 nitrogen and oxygen atoms in total. The van der Waals surface area contributed by atoms with E-state index in [4.69, 9.17) is 5.73 Å². The SMILES string of the molecule is N[C@H]1CCN(S(=O)(=O)c2ccc3[nH]c(=O)[nH]c(=O)c3c2)C1. The van der Waals surface area contributed by atoms with Crippen LogP contribution in [0.4, 0.5) is 0 Å². The van der Waals surface area contributed by atoms with Gasteiger partial charge in [-0.2, -0.15) is 4.31 Å². The quantitative estimate of drug-likeness (QED) is 0.651. The third-order valence-corrected chi connectivity index (χ3v) is 5.40. The first-order chi connectivity index (χ1) is 9.88. The molecule has 1 aliphatic rings. The number of sulfonamides is 1. The van der Waals surface area contributed by atoms with Gasteiger partial charge in [-0.3, -0.25) is 9.78 Å². The van der Waals surface area contributed by atoms with Crippen molar-refractivity contribution < 1.29 is 8.42 Å². The molecular formula is C12H14N4O4S. The van der Waals surface area contributed by atoms with Crippen LogP contribution in [0.15, 0.2) is 32.7 Å². The van der Waals surface area contributed by atoms with Gasteiger partial charge in [-0.05, 0) is 24.6 Å². The largest absolute Gasteiger partial charge is 0.326 e. The molecule has 1 aliphatic heterocycles. The molecule has 1 aromatic carbocycles. The number of nitrogens with one attached hydrogen (secondary N) is 2. The average Bonchev–Trinajstić information content (AvgIpc) is 2.85. The predicted molar refractivity (Wildman–Crippen MR) is 76.5 cm³/mol. The predicted octanol–water partition coefficient (Wildman–Crippen LogP) is -1.06. The highest BCUT2D eigenvalue weighted by Crippen LogP contribution is 2.22. The molecule has 4 N–H and O–H groups in total. The van der Waals surface area contributed by atoms with E-state index in [0.717, 1.165) is 0 Å². The van der Waals surface area contributed by atoms with Gasteiger partial charge in [0.25, 0.3) is 5.56 Å². The van der Waals surface area contributed by atoms with Crippen molar-refractivity contribution in [1.82, 2.24) is 14.3 Å². The van der Waals surface area contributed by atoms with Gasteiger partial charge in [0, 0.05) is 19.1 Å². The van der Waals surface area contributed by atoms with Crippen molar-refractivity contribution in [3.8, 4) is 0 Å². The van der Waals surface area contributed by atoms with E-state index in [1.807, 2.05) is 0 Å². The van der Waals surface area contributed by atoms with Crippen LogP contribution < -0.4 is 17.0 Å². The Bertz CT molecular complexity index is 915. The van der Waals surface area contributed by atoms with Crippen LogP contribution in [-0.2, 0) is 10.0 Å². The van der Waals surface area contributed by atoms with E-state index in [0.29, 0.717) is 18.5 Å². The molecule has 1 aromatic heterocycles. The molecule has 0 aliphatic carbocycles. The van der Waals surface area contributed by atoms with Crippen LogP contribution in [0.2, 0.25) is 0 Å². The Morgan fingerprint density at radius 2 is 2.00 bits per heavy atom. The number of aromatic nitrogens is 2. The minimum Gasteiger partial charge on any atom is -0.326 e.